The smallest absolute Gasteiger partial charge is 0.230 e. The number of amides is 1. The van der Waals surface area contributed by atoms with E-state index in [2.05, 4.69) is 5.32 Å². The minimum atomic E-state index is -0.304. The van der Waals surface area contributed by atoms with Gasteiger partial charge in [-0.05, 0) is 51.4 Å². The van der Waals surface area contributed by atoms with Crippen LogP contribution in [-0.2, 0) is 4.79 Å². The third kappa shape index (κ3) is 2.80. The molecule has 0 spiro atoms. The molecule has 4 heteroatoms. The molecule has 0 aliphatic carbocycles. The van der Waals surface area contributed by atoms with E-state index in [-0.39, 0.29) is 23.1 Å². The Morgan fingerprint density at radius 1 is 1.55 bits per heavy atom. The quantitative estimate of drug-likeness (QED) is 0.887. The zero-order valence-corrected chi connectivity index (χ0v) is 12.5. The van der Waals surface area contributed by atoms with Crippen molar-refractivity contribution in [3.63, 3.8) is 0 Å². The van der Waals surface area contributed by atoms with Crippen LogP contribution in [0.1, 0.15) is 38.8 Å². The summed E-state index contributed by atoms with van der Waals surface area (Å²) in [6.45, 7) is 8.37. The van der Waals surface area contributed by atoms with Gasteiger partial charge in [0, 0.05) is 13.1 Å². The number of phenols is 1. The van der Waals surface area contributed by atoms with Gasteiger partial charge in [0.15, 0.2) is 0 Å². The van der Waals surface area contributed by atoms with Crippen molar-refractivity contribution in [1.29, 1.82) is 0 Å². The number of hydrogen-bond donors (Lipinski definition) is 2. The predicted octanol–water partition coefficient (Wildman–Crippen LogP) is 2.30. The van der Waals surface area contributed by atoms with Gasteiger partial charge in [-0.3, -0.25) is 4.79 Å². The number of nitrogens with one attached hydrogen (secondary N) is 1. The summed E-state index contributed by atoms with van der Waals surface area (Å²) in [5.74, 6) is 0.437. The van der Waals surface area contributed by atoms with Crippen molar-refractivity contribution < 1.29 is 9.90 Å². The molecule has 2 unspecified atom stereocenters. The summed E-state index contributed by atoms with van der Waals surface area (Å²) in [4.78, 5) is 14.7. The number of carbonyl (C=O) groups is 1. The summed E-state index contributed by atoms with van der Waals surface area (Å²) in [5.41, 5.74) is 0.663. The number of nitrogens with zero attached hydrogens (tertiary/aromatic N) is 1. The lowest BCUT2D eigenvalue weighted by Crippen LogP contribution is -2.44. The standard InChI is InChI=1S/C16H24N2O2/c1-4-18(15(20)16(3)8-9-17-11-16)12(2)13-6-5-7-14(19)10-13/h5-7,10,12,17,19H,4,8-9,11H2,1-3H3. The Morgan fingerprint density at radius 3 is 2.85 bits per heavy atom. The van der Waals surface area contributed by atoms with E-state index in [0.29, 0.717) is 6.54 Å². The first-order valence-corrected chi connectivity index (χ1v) is 7.28. The molecule has 110 valence electrons. The lowest BCUT2D eigenvalue weighted by molar-refractivity contribution is -0.142. The lowest BCUT2D eigenvalue weighted by Gasteiger charge is -2.35. The van der Waals surface area contributed by atoms with Crippen molar-refractivity contribution in [3.8, 4) is 5.75 Å². The van der Waals surface area contributed by atoms with E-state index in [4.69, 9.17) is 0 Å². The topological polar surface area (TPSA) is 52.6 Å². The van der Waals surface area contributed by atoms with Crippen LogP contribution in [0.3, 0.4) is 0 Å². The molecule has 2 atom stereocenters. The first kappa shape index (κ1) is 14.9. The Hall–Kier alpha value is -1.55. The van der Waals surface area contributed by atoms with Crippen LogP contribution in [0.15, 0.2) is 24.3 Å². The van der Waals surface area contributed by atoms with Crippen LogP contribution in [0.4, 0.5) is 0 Å². The van der Waals surface area contributed by atoms with Crippen molar-refractivity contribution in [1.82, 2.24) is 10.2 Å². The molecule has 4 nitrogen and oxygen atoms in total. The Kier molecular flexibility index (Phi) is 4.33. The van der Waals surface area contributed by atoms with Gasteiger partial charge in [0.05, 0.1) is 11.5 Å². The molecule has 0 bridgehead atoms. The van der Waals surface area contributed by atoms with E-state index < -0.39 is 0 Å². The summed E-state index contributed by atoms with van der Waals surface area (Å²) >= 11 is 0. The molecule has 1 aromatic carbocycles. The van der Waals surface area contributed by atoms with Gasteiger partial charge >= 0.3 is 0 Å². The molecule has 20 heavy (non-hydrogen) atoms. The summed E-state index contributed by atoms with van der Waals surface area (Å²) in [5, 5.41) is 12.9. The highest BCUT2D eigenvalue weighted by Gasteiger charge is 2.40. The number of phenolic OH excluding ortho intramolecular Hbond substituents is 1. The van der Waals surface area contributed by atoms with Crippen molar-refractivity contribution >= 4 is 5.91 Å². The number of benzene rings is 1. The van der Waals surface area contributed by atoms with Crippen LogP contribution in [0, 0.1) is 5.41 Å². The number of rotatable bonds is 4. The first-order chi connectivity index (χ1) is 9.48. The van der Waals surface area contributed by atoms with E-state index in [1.54, 1.807) is 12.1 Å². The molecule has 1 aliphatic rings. The average Bonchev–Trinajstić information content (AvgIpc) is 2.87. The second kappa shape index (κ2) is 5.83. The second-order valence-corrected chi connectivity index (χ2v) is 5.85. The molecule has 1 aliphatic heterocycles. The first-order valence-electron chi connectivity index (χ1n) is 7.28. The maximum atomic E-state index is 12.8. The zero-order chi connectivity index (χ0) is 14.8. The van der Waals surface area contributed by atoms with Gasteiger partial charge in [0.1, 0.15) is 5.75 Å². The molecule has 2 N–H and O–H groups in total. The fourth-order valence-corrected chi connectivity index (χ4v) is 2.90. The van der Waals surface area contributed by atoms with E-state index in [9.17, 15) is 9.90 Å². The highest BCUT2D eigenvalue weighted by atomic mass is 16.3. The summed E-state index contributed by atoms with van der Waals surface area (Å²) in [6, 6.07) is 7.12. The van der Waals surface area contributed by atoms with Crippen LogP contribution >= 0.6 is 0 Å². The number of carbonyl (C=O) groups excluding carboxylic acids is 1. The van der Waals surface area contributed by atoms with E-state index in [0.717, 1.165) is 25.1 Å². The van der Waals surface area contributed by atoms with Crippen molar-refractivity contribution in [2.24, 2.45) is 5.41 Å². The molecule has 2 rings (SSSR count). The van der Waals surface area contributed by atoms with E-state index >= 15 is 0 Å². The fraction of sp³-hybridized carbons (Fsp3) is 0.562. The molecule has 1 fully saturated rings. The molecule has 0 radical (unpaired) electrons. The minimum absolute atomic E-state index is 0.0305. The maximum absolute atomic E-state index is 12.8. The molecule has 0 saturated carbocycles. The van der Waals surface area contributed by atoms with Crippen molar-refractivity contribution in [2.45, 2.75) is 33.2 Å². The number of hydrogen-bond acceptors (Lipinski definition) is 3. The van der Waals surface area contributed by atoms with Gasteiger partial charge in [0.2, 0.25) is 5.91 Å². The Morgan fingerprint density at radius 2 is 2.30 bits per heavy atom. The van der Waals surface area contributed by atoms with Gasteiger partial charge in [-0.2, -0.15) is 0 Å². The molecular formula is C16H24N2O2. The van der Waals surface area contributed by atoms with E-state index in [1.165, 1.54) is 0 Å². The van der Waals surface area contributed by atoms with Gasteiger partial charge < -0.3 is 15.3 Å². The van der Waals surface area contributed by atoms with Crippen molar-refractivity contribution in [2.75, 3.05) is 19.6 Å². The predicted molar refractivity (Wildman–Crippen MR) is 79.5 cm³/mol. The van der Waals surface area contributed by atoms with Gasteiger partial charge in [0.25, 0.3) is 0 Å². The normalized spacial score (nSPS) is 23.6. The van der Waals surface area contributed by atoms with E-state index in [1.807, 2.05) is 37.8 Å². The molecule has 1 aromatic rings. The summed E-state index contributed by atoms with van der Waals surface area (Å²) in [7, 11) is 0. The van der Waals surface area contributed by atoms with Crippen molar-refractivity contribution in [3.05, 3.63) is 29.8 Å². The highest BCUT2D eigenvalue weighted by molar-refractivity contribution is 5.83. The maximum Gasteiger partial charge on any atom is 0.230 e. The average molecular weight is 276 g/mol. The Bertz CT molecular complexity index is 481. The van der Waals surface area contributed by atoms with Gasteiger partial charge in [-0.25, -0.2) is 0 Å². The Balaban J connectivity index is 2.21. The second-order valence-electron chi connectivity index (χ2n) is 5.85. The third-order valence-electron chi connectivity index (χ3n) is 4.31. The van der Waals surface area contributed by atoms with Gasteiger partial charge in [-0.15, -0.1) is 0 Å². The highest BCUT2D eigenvalue weighted by Crippen LogP contribution is 2.32. The monoisotopic (exact) mass is 276 g/mol. The minimum Gasteiger partial charge on any atom is -0.508 e. The Labute approximate surface area is 120 Å². The molecule has 1 heterocycles. The fourth-order valence-electron chi connectivity index (χ4n) is 2.90. The third-order valence-corrected chi connectivity index (χ3v) is 4.31. The number of aromatic hydroxyl groups is 1. The molecule has 1 saturated heterocycles. The molecular weight excluding hydrogens is 252 g/mol. The van der Waals surface area contributed by atoms with Crippen LogP contribution in [0.25, 0.3) is 0 Å². The van der Waals surface area contributed by atoms with Gasteiger partial charge in [-0.1, -0.05) is 12.1 Å². The lowest BCUT2D eigenvalue weighted by atomic mass is 9.87. The van der Waals surface area contributed by atoms with Crippen LogP contribution in [0.2, 0.25) is 0 Å². The molecule has 1 amide bonds. The van der Waals surface area contributed by atoms with Crippen LogP contribution in [-0.4, -0.2) is 35.5 Å². The largest absolute Gasteiger partial charge is 0.508 e. The summed E-state index contributed by atoms with van der Waals surface area (Å²) in [6.07, 6.45) is 0.884. The molecule has 0 aromatic heterocycles. The SMILES string of the molecule is CCN(C(=O)C1(C)CCNC1)C(C)c1cccc(O)c1. The summed E-state index contributed by atoms with van der Waals surface area (Å²) < 4.78 is 0. The van der Waals surface area contributed by atoms with Crippen LogP contribution < -0.4 is 5.32 Å². The van der Waals surface area contributed by atoms with Crippen LogP contribution in [0.5, 0.6) is 5.75 Å². The zero-order valence-electron chi connectivity index (χ0n) is 12.5.